The molecule has 1 unspecified atom stereocenters. The lowest BCUT2D eigenvalue weighted by atomic mass is 10.0. The third kappa shape index (κ3) is 1.90. The van der Waals surface area contributed by atoms with Gasteiger partial charge in [0, 0.05) is 24.7 Å². The molecule has 0 spiro atoms. The van der Waals surface area contributed by atoms with Gasteiger partial charge >= 0.3 is 0 Å². The number of nitrogens with zero attached hydrogens (tertiary/aromatic N) is 1. The van der Waals surface area contributed by atoms with Crippen LogP contribution in [0.2, 0.25) is 0 Å². The van der Waals surface area contributed by atoms with Crippen LogP contribution in [0.3, 0.4) is 0 Å². The highest BCUT2D eigenvalue weighted by atomic mass is 16.5. The molecule has 2 heterocycles. The number of ketones is 1. The molecule has 0 saturated carbocycles. The molecule has 1 aromatic heterocycles. The number of nitrogen functional groups attached to an aromatic ring is 1. The number of anilines is 1. The van der Waals surface area contributed by atoms with Crippen LogP contribution in [-0.4, -0.2) is 17.4 Å². The van der Waals surface area contributed by atoms with Gasteiger partial charge in [0.1, 0.15) is 11.9 Å². The van der Waals surface area contributed by atoms with Crippen molar-refractivity contribution in [3.63, 3.8) is 0 Å². The summed E-state index contributed by atoms with van der Waals surface area (Å²) in [4.78, 5) is 15.3. The summed E-state index contributed by atoms with van der Waals surface area (Å²) in [6.07, 6.45) is 2.35. The Balaban J connectivity index is 2.17. The molecule has 2 N–H and O–H groups in total. The van der Waals surface area contributed by atoms with Crippen molar-refractivity contribution in [1.82, 2.24) is 4.98 Å². The van der Waals surface area contributed by atoms with Gasteiger partial charge in [-0.25, -0.2) is 0 Å². The maximum Gasteiger partial charge on any atom is 0.138 e. The van der Waals surface area contributed by atoms with Gasteiger partial charge in [-0.1, -0.05) is 0 Å². The molecule has 0 radical (unpaired) electrons. The highest BCUT2D eigenvalue weighted by Crippen LogP contribution is 2.25. The Hall–Kier alpha value is -1.42. The van der Waals surface area contributed by atoms with E-state index in [9.17, 15) is 4.79 Å². The molecule has 74 valence electrons. The number of ether oxygens (including phenoxy) is 1. The molecular formula is C10H12N2O2. The van der Waals surface area contributed by atoms with Crippen LogP contribution < -0.4 is 5.73 Å². The monoisotopic (exact) mass is 192 g/mol. The quantitative estimate of drug-likeness (QED) is 0.723. The third-order valence-corrected chi connectivity index (χ3v) is 2.25. The first-order chi connectivity index (χ1) is 6.75. The molecule has 1 aliphatic heterocycles. The largest absolute Gasteiger partial charge is 0.399 e. The number of hydrogen-bond donors (Lipinski definition) is 1. The molecule has 0 aliphatic carbocycles. The smallest absolute Gasteiger partial charge is 0.138 e. The summed E-state index contributed by atoms with van der Waals surface area (Å²) in [6, 6.07) is 3.47. The zero-order valence-corrected chi connectivity index (χ0v) is 7.77. The van der Waals surface area contributed by atoms with E-state index < -0.39 is 0 Å². The fourth-order valence-electron chi connectivity index (χ4n) is 1.51. The molecule has 2 rings (SSSR count). The second-order valence-corrected chi connectivity index (χ2v) is 3.37. The van der Waals surface area contributed by atoms with Crippen molar-refractivity contribution in [1.29, 1.82) is 0 Å². The van der Waals surface area contributed by atoms with Gasteiger partial charge in [0.15, 0.2) is 0 Å². The summed E-state index contributed by atoms with van der Waals surface area (Å²) in [5.41, 5.74) is 7.02. The van der Waals surface area contributed by atoms with E-state index in [4.69, 9.17) is 10.5 Å². The van der Waals surface area contributed by atoms with Gasteiger partial charge in [-0.3, -0.25) is 9.78 Å². The topological polar surface area (TPSA) is 65.2 Å². The maximum absolute atomic E-state index is 11.2. The Morgan fingerprint density at radius 3 is 3.14 bits per heavy atom. The summed E-state index contributed by atoms with van der Waals surface area (Å²) in [5, 5.41) is 0. The van der Waals surface area contributed by atoms with Crippen LogP contribution in [0.4, 0.5) is 5.69 Å². The van der Waals surface area contributed by atoms with Crippen molar-refractivity contribution in [2.45, 2.75) is 18.9 Å². The molecular weight excluding hydrogens is 180 g/mol. The minimum atomic E-state index is -0.209. The molecule has 1 aliphatic rings. The lowest BCUT2D eigenvalue weighted by Crippen LogP contribution is -2.20. The Morgan fingerprint density at radius 1 is 1.57 bits per heavy atom. The first-order valence-corrected chi connectivity index (χ1v) is 4.60. The zero-order chi connectivity index (χ0) is 9.97. The standard InChI is InChI=1S/C10H12N2O2/c11-7-1-3-12-9(5-7)10-6-8(13)2-4-14-10/h1,3,5,10H,2,4,6H2,(H2,11,12). The van der Waals surface area contributed by atoms with Crippen molar-refractivity contribution < 1.29 is 9.53 Å². The number of hydrogen-bond acceptors (Lipinski definition) is 4. The van der Waals surface area contributed by atoms with Crippen molar-refractivity contribution in [3.8, 4) is 0 Å². The molecule has 1 atom stereocenters. The average molecular weight is 192 g/mol. The predicted octanol–water partition coefficient (Wildman–Crippen LogP) is 1.08. The Labute approximate surface area is 82.1 Å². The van der Waals surface area contributed by atoms with Crippen molar-refractivity contribution in [2.24, 2.45) is 0 Å². The number of pyridine rings is 1. The van der Waals surface area contributed by atoms with Crippen LogP contribution >= 0.6 is 0 Å². The van der Waals surface area contributed by atoms with E-state index in [-0.39, 0.29) is 11.9 Å². The van der Waals surface area contributed by atoms with Gasteiger partial charge in [-0.05, 0) is 12.1 Å². The number of rotatable bonds is 1. The fraction of sp³-hybridized carbons (Fsp3) is 0.400. The molecule has 1 saturated heterocycles. The second-order valence-electron chi connectivity index (χ2n) is 3.37. The third-order valence-electron chi connectivity index (χ3n) is 2.25. The number of Topliss-reactive ketones (excluding diaryl/α,β-unsaturated/α-hetero) is 1. The van der Waals surface area contributed by atoms with E-state index in [0.29, 0.717) is 25.1 Å². The van der Waals surface area contributed by atoms with Gasteiger partial charge < -0.3 is 10.5 Å². The van der Waals surface area contributed by atoms with Crippen LogP contribution in [0.1, 0.15) is 24.6 Å². The van der Waals surface area contributed by atoms with E-state index in [1.54, 1.807) is 18.3 Å². The summed E-state index contributed by atoms with van der Waals surface area (Å²) in [7, 11) is 0. The molecule has 4 nitrogen and oxygen atoms in total. The molecule has 0 amide bonds. The van der Waals surface area contributed by atoms with E-state index in [1.165, 1.54) is 0 Å². The normalized spacial score (nSPS) is 22.3. The van der Waals surface area contributed by atoms with Crippen LogP contribution in [0.25, 0.3) is 0 Å². The number of aromatic nitrogens is 1. The summed E-state index contributed by atoms with van der Waals surface area (Å²) in [6.45, 7) is 0.486. The molecule has 1 fully saturated rings. The van der Waals surface area contributed by atoms with Crippen molar-refractivity contribution in [3.05, 3.63) is 24.0 Å². The maximum atomic E-state index is 11.2. The van der Waals surface area contributed by atoms with Gasteiger partial charge in [0.05, 0.1) is 12.3 Å². The average Bonchev–Trinajstić information content (AvgIpc) is 2.18. The molecule has 4 heteroatoms. The summed E-state index contributed by atoms with van der Waals surface area (Å²) >= 11 is 0. The summed E-state index contributed by atoms with van der Waals surface area (Å²) in [5.74, 6) is 0.227. The minimum Gasteiger partial charge on any atom is -0.399 e. The van der Waals surface area contributed by atoms with Gasteiger partial charge in [-0.15, -0.1) is 0 Å². The van der Waals surface area contributed by atoms with Gasteiger partial charge in [0.25, 0.3) is 0 Å². The molecule has 1 aromatic rings. The Kier molecular flexibility index (Phi) is 2.45. The van der Waals surface area contributed by atoms with Crippen molar-refractivity contribution in [2.75, 3.05) is 12.3 Å². The van der Waals surface area contributed by atoms with Gasteiger partial charge in [-0.2, -0.15) is 0 Å². The van der Waals surface area contributed by atoms with Gasteiger partial charge in [0.2, 0.25) is 0 Å². The Bertz CT molecular complexity index is 352. The first-order valence-electron chi connectivity index (χ1n) is 4.60. The minimum absolute atomic E-state index is 0.209. The summed E-state index contributed by atoms with van der Waals surface area (Å²) < 4.78 is 5.45. The SMILES string of the molecule is Nc1ccnc(C2CC(=O)CCO2)c1. The van der Waals surface area contributed by atoms with E-state index in [2.05, 4.69) is 4.98 Å². The molecule has 0 aromatic carbocycles. The van der Waals surface area contributed by atoms with Crippen LogP contribution in [0.5, 0.6) is 0 Å². The first kappa shape index (κ1) is 9.15. The lowest BCUT2D eigenvalue weighted by molar-refractivity contribution is -0.128. The molecule has 14 heavy (non-hydrogen) atoms. The van der Waals surface area contributed by atoms with E-state index in [1.807, 2.05) is 0 Å². The number of carbonyl (C=O) groups is 1. The Morgan fingerprint density at radius 2 is 2.43 bits per heavy atom. The zero-order valence-electron chi connectivity index (χ0n) is 7.77. The second kappa shape index (κ2) is 3.75. The van der Waals surface area contributed by atoms with Crippen LogP contribution in [0.15, 0.2) is 18.3 Å². The van der Waals surface area contributed by atoms with Crippen LogP contribution in [0, 0.1) is 0 Å². The van der Waals surface area contributed by atoms with E-state index in [0.717, 1.165) is 5.69 Å². The van der Waals surface area contributed by atoms with Crippen molar-refractivity contribution >= 4 is 11.5 Å². The number of nitrogens with two attached hydrogens (primary N) is 1. The predicted molar refractivity (Wildman–Crippen MR) is 51.6 cm³/mol. The fourth-order valence-corrected chi connectivity index (χ4v) is 1.51. The van der Waals surface area contributed by atoms with E-state index >= 15 is 0 Å². The van der Waals surface area contributed by atoms with Crippen LogP contribution in [-0.2, 0) is 9.53 Å². The lowest BCUT2D eigenvalue weighted by Gasteiger charge is -2.21. The highest BCUT2D eigenvalue weighted by molar-refractivity contribution is 5.79. The highest BCUT2D eigenvalue weighted by Gasteiger charge is 2.22. The molecule has 0 bridgehead atoms. The number of carbonyl (C=O) groups excluding carboxylic acids is 1.